The topological polar surface area (TPSA) is 17.1 Å². The molecule has 0 aliphatic heterocycles. The summed E-state index contributed by atoms with van der Waals surface area (Å²) in [7, 11) is 0. The predicted octanol–water partition coefficient (Wildman–Crippen LogP) is 4.50. The lowest BCUT2D eigenvalue weighted by Gasteiger charge is -2.30. The van der Waals surface area contributed by atoms with E-state index in [-0.39, 0.29) is 5.41 Å². The quantitative estimate of drug-likeness (QED) is 0.775. The fraction of sp³-hybridized carbons (Fsp3) is 0.611. The third-order valence-corrected chi connectivity index (χ3v) is 5.28. The average Bonchev–Trinajstić information content (AvgIpc) is 3.29. The molecule has 0 saturated heterocycles. The maximum absolute atomic E-state index is 12.9. The molecular formula is C18H24O. The Hall–Kier alpha value is -1.11. The van der Waals surface area contributed by atoms with Crippen molar-refractivity contribution in [3.8, 4) is 0 Å². The van der Waals surface area contributed by atoms with Crippen LogP contribution in [-0.2, 0) is 10.2 Å². The first-order chi connectivity index (χ1) is 9.26. The normalized spacial score (nSPS) is 28.9. The lowest BCUT2D eigenvalue weighted by atomic mass is 9.73. The molecule has 102 valence electrons. The molecule has 2 unspecified atom stereocenters. The molecule has 0 bridgehead atoms. The summed E-state index contributed by atoms with van der Waals surface area (Å²) in [5.41, 5.74) is 1.17. The zero-order chi connectivity index (χ0) is 13.3. The second-order valence-corrected chi connectivity index (χ2v) is 6.45. The van der Waals surface area contributed by atoms with Crippen molar-refractivity contribution in [2.24, 2.45) is 11.8 Å². The van der Waals surface area contributed by atoms with E-state index in [9.17, 15) is 4.79 Å². The first kappa shape index (κ1) is 12.9. The third kappa shape index (κ3) is 2.35. The fourth-order valence-corrected chi connectivity index (χ4v) is 3.85. The van der Waals surface area contributed by atoms with Gasteiger partial charge in [-0.2, -0.15) is 0 Å². The van der Waals surface area contributed by atoms with E-state index < -0.39 is 0 Å². The number of benzene rings is 1. The van der Waals surface area contributed by atoms with Crippen molar-refractivity contribution >= 4 is 5.78 Å². The largest absolute Gasteiger partial charge is 0.298 e. The Bertz CT molecular complexity index is 444. The van der Waals surface area contributed by atoms with Crippen molar-refractivity contribution in [1.82, 2.24) is 0 Å². The highest BCUT2D eigenvalue weighted by Crippen LogP contribution is 2.52. The Morgan fingerprint density at radius 1 is 1.21 bits per heavy atom. The van der Waals surface area contributed by atoms with Gasteiger partial charge in [-0.1, -0.05) is 56.5 Å². The second kappa shape index (κ2) is 5.11. The molecule has 2 fully saturated rings. The van der Waals surface area contributed by atoms with Crippen LogP contribution in [0.2, 0.25) is 0 Å². The second-order valence-electron chi connectivity index (χ2n) is 6.45. The van der Waals surface area contributed by atoms with Gasteiger partial charge in [0.05, 0.1) is 5.41 Å². The highest BCUT2D eigenvalue weighted by molar-refractivity contribution is 5.94. The van der Waals surface area contributed by atoms with Gasteiger partial charge in [-0.3, -0.25) is 4.79 Å². The first-order valence-corrected chi connectivity index (χ1v) is 7.86. The summed E-state index contributed by atoms with van der Waals surface area (Å²) in [5, 5.41) is 0. The molecule has 0 heterocycles. The van der Waals surface area contributed by atoms with Crippen LogP contribution in [0.4, 0.5) is 0 Å². The van der Waals surface area contributed by atoms with Gasteiger partial charge in [-0.15, -0.1) is 0 Å². The van der Waals surface area contributed by atoms with Crippen LogP contribution in [0.5, 0.6) is 0 Å². The van der Waals surface area contributed by atoms with Gasteiger partial charge in [0.2, 0.25) is 0 Å². The molecule has 2 atom stereocenters. The smallest absolute Gasteiger partial charge is 0.146 e. The molecule has 1 heteroatoms. The van der Waals surface area contributed by atoms with E-state index in [1.165, 1.54) is 24.8 Å². The van der Waals surface area contributed by atoms with Crippen molar-refractivity contribution in [2.45, 2.75) is 57.3 Å². The van der Waals surface area contributed by atoms with Gasteiger partial charge < -0.3 is 0 Å². The lowest BCUT2D eigenvalue weighted by Crippen LogP contribution is -2.31. The summed E-state index contributed by atoms with van der Waals surface area (Å²) in [6.45, 7) is 2.27. The minimum absolute atomic E-state index is 0.0957. The van der Waals surface area contributed by atoms with Crippen LogP contribution < -0.4 is 0 Å². The van der Waals surface area contributed by atoms with Crippen LogP contribution in [-0.4, -0.2) is 5.78 Å². The van der Waals surface area contributed by atoms with Crippen LogP contribution >= 0.6 is 0 Å². The summed E-state index contributed by atoms with van der Waals surface area (Å²) < 4.78 is 0. The molecule has 0 amide bonds. The summed E-state index contributed by atoms with van der Waals surface area (Å²) in [6, 6.07) is 10.5. The number of hydrogen-bond acceptors (Lipinski definition) is 1. The molecule has 2 saturated carbocycles. The van der Waals surface area contributed by atoms with E-state index in [1.807, 2.05) is 6.07 Å². The SMILES string of the molecule is CCC1CCCC(C(=O)C2(c3ccccc3)CC2)C1. The maximum atomic E-state index is 12.9. The van der Waals surface area contributed by atoms with Gasteiger partial charge in [-0.25, -0.2) is 0 Å². The number of rotatable bonds is 4. The van der Waals surface area contributed by atoms with Gasteiger partial charge in [0.25, 0.3) is 0 Å². The van der Waals surface area contributed by atoms with Crippen molar-refractivity contribution in [3.05, 3.63) is 35.9 Å². The molecular weight excluding hydrogens is 232 g/mol. The van der Waals surface area contributed by atoms with Crippen LogP contribution in [0.1, 0.15) is 57.4 Å². The molecule has 3 rings (SSSR count). The predicted molar refractivity (Wildman–Crippen MR) is 78.1 cm³/mol. The summed E-state index contributed by atoms with van der Waals surface area (Å²) in [6.07, 6.45) is 8.24. The number of carbonyl (C=O) groups is 1. The highest BCUT2D eigenvalue weighted by atomic mass is 16.1. The molecule has 0 spiro atoms. The van der Waals surface area contributed by atoms with Gasteiger partial charge >= 0.3 is 0 Å². The standard InChI is InChI=1S/C18H24O/c1-2-14-7-6-8-15(13-14)17(19)18(11-12-18)16-9-4-3-5-10-16/h3-5,9-10,14-15H,2,6-8,11-13H2,1H3. The Balaban J connectivity index is 1.77. The summed E-state index contributed by atoms with van der Waals surface area (Å²) in [5.74, 6) is 1.67. The van der Waals surface area contributed by atoms with Crippen molar-refractivity contribution in [3.63, 3.8) is 0 Å². The number of hydrogen-bond donors (Lipinski definition) is 0. The van der Waals surface area contributed by atoms with E-state index >= 15 is 0 Å². The third-order valence-electron chi connectivity index (χ3n) is 5.28. The Labute approximate surface area is 116 Å². The molecule has 19 heavy (non-hydrogen) atoms. The Morgan fingerprint density at radius 3 is 2.58 bits per heavy atom. The zero-order valence-electron chi connectivity index (χ0n) is 11.9. The van der Waals surface area contributed by atoms with Gasteiger partial charge in [0, 0.05) is 5.92 Å². The minimum Gasteiger partial charge on any atom is -0.298 e. The number of ketones is 1. The van der Waals surface area contributed by atoms with Crippen LogP contribution in [0, 0.1) is 11.8 Å². The Morgan fingerprint density at radius 2 is 1.95 bits per heavy atom. The summed E-state index contributed by atoms with van der Waals surface area (Å²) in [4.78, 5) is 12.9. The molecule has 1 nitrogen and oxygen atoms in total. The van der Waals surface area contributed by atoms with E-state index in [1.54, 1.807) is 0 Å². The van der Waals surface area contributed by atoms with Gasteiger partial charge in [-0.05, 0) is 37.2 Å². The molecule has 1 aromatic carbocycles. The molecule has 0 aromatic heterocycles. The van der Waals surface area contributed by atoms with E-state index in [0.717, 1.165) is 31.6 Å². The molecule has 2 aliphatic carbocycles. The maximum Gasteiger partial charge on any atom is 0.146 e. The van der Waals surface area contributed by atoms with E-state index in [0.29, 0.717) is 11.7 Å². The van der Waals surface area contributed by atoms with Crippen LogP contribution in [0.15, 0.2) is 30.3 Å². The average molecular weight is 256 g/mol. The van der Waals surface area contributed by atoms with Gasteiger partial charge in [0.15, 0.2) is 0 Å². The van der Waals surface area contributed by atoms with Crippen molar-refractivity contribution < 1.29 is 4.79 Å². The zero-order valence-corrected chi connectivity index (χ0v) is 11.9. The highest BCUT2D eigenvalue weighted by Gasteiger charge is 2.52. The number of Topliss-reactive ketones (excluding diaryl/α,β-unsaturated/α-hetero) is 1. The minimum atomic E-state index is -0.0957. The molecule has 2 aliphatic rings. The molecule has 0 N–H and O–H groups in total. The first-order valence-electron chi connectivity index (χ1n) is 7.86. The monoisotopic (exact) mass is 256 g/mol. The van der Waals surface area contributed by atoms with Crippen LogP contribution in [0.3, 0.4) is 0 Å². The van der Waals surface area contributed by atoms with Gasteiger partial charge in [0.1, 0.15) is 5.78 Å². The van der Waals surface area contributed by atoms with Crippen molar-refractivity contribution in [2.75, 3.05) is 0 Å². The number of carbonyl (C=O) groups excluding carboxylic acids is 1. The Kier molecular flexibility index (Phi) is 3.47. The lowest BCUT2D eigenvalue weighted by molar-refractivity contribution is -0.126. The summed E-state index contributed by atoms with van der Waals surface area (Å²) >= 11 is 0. The van der Waals surface area contributed by atoms with E-state index in [2.05, 4.69) is 31.2 Å². The van der Waals surface area contributed by atoms with Crippen molar-refractivity contribution in [1.29, 1.82) is 0 Å². The van der Waals surface area contributed by atoms with E-state index in [4.69, 9.17) is 0 Å². The molecule has 0 radical (unpaired) electrons. The fourth-order valence-electron chi connectivity index (χ4n) is 3.85. The van der Waals surface area contributed by atoms with Crippen LogP contribution in [0.25, 0.3) is 0 Å². The molecule has 1 aromatic rings.